The molecule has 1 aliphatic heterocycles. The third kappa shape index (κ3) is 6.66. The molecule has 0 bridgehead atoms. The van der Waals surface area contributed by atoms with Crippen LogP contribution in [-0.4, -0.2) is 70.6 Å². The van der Waals surface area contributed by atoms with Crippen molar-refractivity contribution in [2.24, 2.45) is 4.99 Å². The topological polar surface area (TPSA) is 73.8 Å². The average molecular weight is 367 g/mol. The Morgan fingerprint density at radius 1 is 1.28 bits per heavy atom. The second-order valence-corrected chi connectivity index (χ2v) is 8.99. The summed E-state index contributed by atoms with van der Waals surface area (Å²) >= 11 is 0. The zero-order valence-electron chi connectivity index (χ0n) is 15.5. The molecule has 0 aliphatic carbocycles. The number of nitrogens with zero attached hydrogens (tertiary/aromatic N) is 2. The minimum absolute atomic E-state index is 0.272. The van der Waals surface area contributed by atoms with E-state index in [4.69, 9.17) is 0 Å². The molecule has 1 fully saturated rings. The molecule has 2 N–H and O–H groups in total. The normalized spacial score (nSPS) is 19.4. The van der Waals surface area contributed by atoms with Crippen molar-refractivity contribution in [2.45, 2.75) is 19.8 Å². The summed E-state index contributed by atoms with van der Waals surface area (Å²) in [5.74, 6) is 1.72. The van der Waals surface area contributed by atoms with Gasteiger partial charge in [0.25, 0.3) is 0 Å². The van der Waals surface area contributed by atoms with Crippen LogP contribution in [0.3, 0.4) is 0 Å². The van der Waals surface area contributed by atoms with Crippen LogP contribution in [0, 0.1) is 6.92 Å². The first-order chi connectivity index (χ1) is 11.9. The maximum atomic E-state index is 11.4. The van der Waals surface area contributed by atoms with Gasteiger partial charge in [0.15, 0.2) is 15.8 Å². The lowest BCUT2D eigenvalue weighted by molar-refractivity contribution is 0.299. The molecule has 0 spiro atoms. The van der Waals surface area contributed by atoms with E-state index in [2.05, 4.69) is 58.6 Å². The monoisotopic (exact) mass is 366 g/mol. The van der Waals surface area contributed by atoms with Crippen LogP contribution in [0.5, 0.6) is 0 Å². The van der Waals surface area contributed by atoms with Crippen molar-refractivity contribution in [1.29, 1.82) is 0 Å². The molecule has 1 aromatic carbocycles. The summed E-state index contributed by atoms with van der Waals surface area (Å²) in [6.45, 7) is 7.94. The summed E-state index contributed by atoms with van der Waals surface area (Å²) < 4.78 is 22.9. The van der Waals surface area contributed by atoms with Crippen molar-refractivity contribution < 1.29 is 8.42 Å². The summed E-state index contributed by atoms with van der Waals surface area (Å²) in [5.41, 5.74) is 2.59. The SMILES string of the molecule is CN=C(NCCN1CCS(=O)(=O)CC1)NCC(C)c1cccc(C)c1. The van der Waals surface area contributed by atoms with E-state index in [-0.39, 0.29) is 11.5 Å². The predicted octanol–water partition coefficient (Wildman–Crippen LogP) is 0.994. The van der Waals surface area contributed by atoms with Crippen LogP contribution < -0.4 is 10.6 Å². The molecule has 1 aromatic rings. The Hall–Kier alpha value is -1.60. The Kier molecular flexibility index (Phi) is 7.25. The van der Waals surface area contributed by atoms with Gasteiger partial charge in [-0.1, -0.05) is 36.8 Å². The molecule has 0 radical (unpaired) electrons. The molecule has 2 rings (SSSR count). The lowest BCUT2D eigenvalue weighted by Gasteiger charge is -2.26. The van der Waals surface area contributed by atoms with Gasteiger partial charge >= 0.3 is 0 Å². The lowest BCUT2D eigenvalue weighted by Crippen LogP contribution is -2.46. The van der Waals surface area contributed by atoms with Crippen molar-refractivity contribution in [2.75, 3.05) is 51.3 Å². The molecule has 25 heavy (non-hydrogen) atoms. The highest BCUT2D eigenvalue weighted by Crippen LogP contribution is 2.15. The molecule has 1 atom stereocenters. The van der Waals surface area contributed by atoms with E-state index >= 15 is 0 Å². The highest BCUT2D eigenvalue weighted by Gasteiger charge is 2.20. The number of aryl methyl sites for hydroxylation is 1. The molecule has 7 heteroatoms. The molecule has 1 heterocycles. The molecule has 1 aliphatic rings. The van der Waals surface area contributed by atoms with E-state index in [9.17, 15) is 8.42 Å². The molecule has 1 saturated heterocycles. The van der Waals surface area contributed by atoms with Gasteiger partial charge in [0.05, 0.1) is 11.5 Å². The first kappa shape index (κ1) is 19.7. The van der Waals surface area contributed by atoms with Gasteiger partial charge in [-0.15, -0.1) is 0 Å². The van der Waals surface area contributed by atoms with Gasteiger partial charge in [-0.25, -0.2) is 8.42 Å². The fourth-order valence-corrected chi connectivity index (χ4v) is 4.15. The zero-order valence-corrected chi connectivity index (χ0v) is 16.3. The highest BCUT2D eigenvalue weighted by atomic mass is 32.2. The van der Waals surface area contributed by atoms with Crippen LogP contribution in [0.4, 0.5) is 0 Å². The quantitative estimate of drug-likeness (QED) is 0.580. The van der Waals surface area contributed by atoms with Gasteiger partial charge in [-0.2, -0.15) is 0 Å². The molecule has 1 unspecified atom stereocenters. The molecule has 6 nitrogen and oxygen atoms in total. The predicted molar refractivity (Wildman–Crippen MR) is 104 cm³/mol. The summed E-state index contributed by atoms with van der Waals surface area (Å²) in [6, 6.07) is 8.57. The van der Waals surface area contributed by atoms with E-state index in [1.54, 1.807) is 7.05 Å². The lowest BCUT2D eigenvalue weighted by atomic mass is 9.99. The van der Waals surface area contributed by atoms with Crippen molar-refractivity contribution in [3.63, 3.8) is 0 Å². The highest BCUT2D eigenvalue weighted by molar-refractivity contribution is 7.91. The third-order valence-corrected chi connectivity index (χ3v) is 6.18. The zero-order chi connectivity index (χ0) is 18.3. The smallest absolute Gasteiger partial charge is 0.191 e. The van der Waals surface area contributed by atoms with Crippen LogP contribution in [0.1, 0.15) is 24.0 Å². The summed E-state index contributed by atoms with van der Waals surface area (Å²) in [5, 5.41) is 6.67. The van der Waals surface area contributed by atoms with E-state index in [0.29, 0.717) is 19.0 Å². The summed E-state index contributed by atoms with van der Waals surface area (Å²) in [7, 11) is -1.04. The van der Waals surface area contributed by atoms with E-state index in [1.807, 2.05) is 0 Å². The minimum Gasteiger partial charge on any atom is -0.356 e. The van der Waals surface area contributed by atoms with E-state index in [1.165, 1.54) is 11.1 Å². The van der Waals surface area contributed by atoms with Gasteiger partial charge < -0.3 is 10.6 Å². The largest absolute Gasteiger partial charge is 0.356 e. The number of nitrogens with one attached hydrogen (secondary N) is 2. The van der Waals surface area contributed by atoms with E-state index < -0.39 is 9.84 Å². The fourth-order valence-electron chi connectivity index (χ4n) is 2.87. The number of benzene rings is 1. The maximum absolute atomic E-state index is 11.4. The number of hydrogen-bond acceptors (Lipinski definition) is 4. The molecule has 140 valence electrons. The van der Waals surface area contributed by atoms with Gasteiger partial charge in [0.1, 0.15) is 0 Å². The van der Waals surface area contributed by atoms with Gasteiger partial charge in [-0.05, 0) is 18.4 Å². The van der Waals surface area contributed by atoms with Crippen molar-refractivity contribution >= 4 is 15.8 Å². The maximum Gasteiger partial charge on any atom is 0.191 e. The first-order valence-electron chi connectivity index (χ1n) is 8.83. The van der Waals surface area contributed by atoms with Crippen molar-refractivity contribution in [3.8, 4) is 0 Å². The van der Waals surface area contributed by atoms with Crippen LogP contribution in [0.15, 0.2) is 29.3 Å². The number of guanidine groups is 1. The molecule has 0 saturated carbocycles. The number of rotatable bonds is 6. The summed E-state index contributed by atoms with van der Waals surface area (Å²) in [4.78, 5) is 6.43. The number of sulfone groups is 1. The van der Waals surface area contributed by atoms with Gasteiger partial charge in [0, 0.05) is 39.8 Å². The Labute approximate surface area is 151 Å². The Morgan fingerprint density at radius 3 is 2.64 bits per heavy atom. The molecule has 0 amide bonds. The second kappa shape index (κ2) is 9.20. The Morgan fingerprint density at radius 2 is 2.00 bits per heavy atom. The first-order valence-corrected chi connectivity index (χ1v) is 10.7. The van der Waals surface area contributed by atoms with Gasteiger partial charge in [0.2, 0.25) is 0 Å². The Bertz CT molecular complexity index is 674. The van der Waals surface area contributed by atoms with E-state index in [0.717, 1.165) is 25.6 Å². The van der Waals surface area contributed by atoms with Crippen LogP contribution in [-0.2, 0) is 9.84 Å². The van der Waals surface area contributed by atoms with Crippen molar-refractivity contribution in [1.82, 2.24) is 15.5 Å². The van der Waals surface area contributed by atoms with Crippen molar-refractivity contribution in [3.05, 3.63) is 35.4 Å². The molecule has 0 aromatic heterocycles. The standard InChI is InChI=1S/C18H30N4O2S/c1-15-5-4-6-17(13-15)16(2)14-21-18(19-3)20-7-8-22-9-11-25(23,24)12-10-22/h4-6,13,16H,7-12,14H2,1-3H3,(H2,19,20,21). The van der Waals surface area contributed by atoms with Crippen LogP contribution in [0.2, 0.25) is 0 Å². The summed E-state index contributed by atoms with van der Waals surface area (Å²) in [6.07, 6.45) is 0. The average Bonchev–Trinajstić information content (AvgIpc) is 2.59. The molecular weight excluding hydrogens is 336 g/mol. The minimum atomic E-state index is -2.81. The van der Waals surface area contributed by atoms with Crippen LogP contribution >= 0.6 is 0 Å². The van der Waals surface area contributed by atoms with Gasteiger partial charge in [-0.3, -0.25) is 9.89 Å². The molecular formula is C18H30N4O2S. The second-order valence-electron chi connectivity index (χ2n) is 6.69. The third-order valence-electron chi connectivity index (χ3n) is 4.57. The number of hydrogen-bond donors (Lipinski definition) is 2. The van der Waals surface area contributed by atoms with Crippen LogP contribution in [0.25, 0.3) is 0 Å². The fraction of sp³-hybridized carbons (Fsp3) is 0.611. The Balaban J connectivity index is 1.70. The number of aliphatic imine (C=N–C) groups is 1.